The highest BCUT2D eigenvalue weighted by atomic mass is 16.1. The summed E-state index contributed by atoms with van der Waals surface area (Å²) in [6.45, 7) is 5.57. The van der Waals surface area contributed by atoms with Crippen molar-refractivity contribution in [3.8, 4) is 11.1 Å². The summed E-state index contributed by atoms with van der Waals surface area (Å²) in [5.74, 6) is 1.51. The van der Waals surface area contributed by atoms with Crippen LogP contribution in [0, 0.1) is 6.92 Å². The Morgan fingerprint density at radius 3 is 2.48 bits per heavy atom. The number of hydrogen-bond donors (Lipinski definition) is 1. The summed E-state index contributed by atoms with van der Waals surface area (Å²) in [7, 11) is 2.11. The van der Waals surface area contributed by atoms with E-state index in [1.807, 2.05) is 31.2 Å². The second kappa shape index (κ2) is 8.87. The minimum Gasteiger partial charge on any atom is -0.354 e. The second-order valence-electron chi connectivity index (χ2n) is 8.13. The fourth-order valence-corrected chi connectivity index (χ4v) is 3.75. The number of amides is 1. The molecule has 1 fully saturated rings. The summed E-state index contributed by atoms with van der Waals surface area (Å²) < 4.78 is 0. The molecule has 0 atom stereocenters. The highest BCUT2D eigenvalue weighted by Crippen LogP contribution is 2.23. The molecule has 3 aromatic heterocycles. The summed E-state index contributed by atoms with van der Waals surface area (Å²) in [6.07, 6.45) is 6.94. The monoisotopic (exact) mass is 440 g/mol. The van der Waals surface area contributed by atoms with Crippen LogP contribution in [0.25, 0.3) is 22.0 Å². The van der Waals surface area contributed by atoms with Gasteiger partial charge in [0.15, 0.2) is 0 Å². The van der Waals surface area contributed by atoms with Crippen molar-refractivity contribution in [2.75, 3.05) is 43.4 Å². The Balaban J connectivity index is 1.36. The number of anilines is 2. The third kappa shape index (κ3) is 4.63. The number of likely N-dealkylation sites (N-methyl/N-ethyl adjacent to an activating group) is 1. The van der Waals surface area contributed by atoms with Gasteiger partial charge in [0, 0.05) is 67.5 Å². The Kier molecular flexibility index (Phi) is 5.62. The van der Waals surface area contributed by atoms with Crippen LogP contribution < -0.4 is 10.2 Å². The van der Waals surface area contributed by atoms with Gasteiger partial charge in [-0.1, -0.05) is 12.1 Å². The molecule has 0 saturated carbocycles. The van der Waals surface area contributed by atoms with Gasteiger partial charge in [-0.05, 0) is 37.7 Å². The molecule has 166 valence electrons. The van der Waals surface area contributed by atoms with Crippen LogP contribution in [0.5, 0.6) is 0 Å². The van der Waals surface area contributed by atoms with E-state index in [1.54, 1.807) is 30.9 Å². The van der Waals surface area contributed by atoms with E-state index in [0.29, 0.717) is 5.56 Å². The van der Waals surface area contributed by atoms with Crippen molar-refractivity contribution in [3.05, 3.63) is 66.5 Å². The molecule has 9 nitrogen and oxygen atoms in total. The zero-order valence-electron chi connectivity index (χ0n) is 18.6. The second-order valence-corrected chi connectivity index (χ2v) is 8.13. The lowest BCUT2D eigenvalue weighted by Crippen LogP contribution is -2.44. The van der Waals surface area contributed by atoms with Gasteiger partial charge in [-0.3, -0.25) is 10.1 Å². The summed E-state index contributed by atoms with van der Waals surface area (Å²) >= 11 is 0. The standard InChI is InChI=1S/C24H24N8O/c1-16-26-14-20(15-27-16)17-3-4-19-13-28-24(29-21(19)11-17)30-23(33)18-5-6-25-22(12-18)32-9-7-31(2)8-10-32/h3-6,11-15H,7-10H2,1-2H3,(H,28,29,30,33). The van der Waals surface area contributed by atoms with Crippen molar-refractivity contribution in [3.63, 3.8) is 0 Å². The quantitative estimate of drug-likeness (QED) is 0.517. The van der Waals surface area contributed by atoms with E-state index in [4.69, 9.17) is 0 Å². The Morgan fingerprint density at radius 2 is 1.70 bits per heavy atom. The van der Waals surface area contributed by atoms with Gasteiger partial charge in [0.1, 0.15) is 11.6 Å². The molecule has 0 spiro atoms. The van der Waals surface area contributed by atoms with E-state index in [1.165, 1.54) is 0 Å². The first-order valence-electron chi connectivity index (χ1n) is 10.8. The van der Waals surface area contributed by atoms with Gasteiger partial charge in [0.05, 0.1) is 5.52 Å². The fourth-order valence-electron chi connectivity index (χ4n) is 3.75. The maximum Gasteiger partial charge on any atom is 0.258 e. The molecule has 4 heterocycles. The van der Waals surface area contributed by atoms with E-state index in [9.17, 15) is 4.79 Å². The van der Waals surface area contributed by atoms with Gasteiger partial charge in [-0.25, -0.2) is 24.9 Å². The van der Waals surface area contributed by atoms with Crippen molar-refractivity contribution in [1.29, 1.82) is 0 Å². The number of carbonyl (C=O) groups is 1. The molecule has 1 N–H and O–H groups in total. The normalized spacial score (nSPS) is 14.4. The summed E-state index contributed by atoms with van der Waals surface area (Å²) in [4.78, 5) is 39.2. The lowest BCUT2D eigenvalue weighted by Gasteiger charge is -2.33. The first kappa shape index (κ1) is 20.9. The van der Waals surface area contributed by atoms with Crippen LogP contribution >= 0.6 is 0 Å². The van der Waals surface area contributed by atoms with Gasteiger partial charge in [-0.15, -0.1) is 0 Å². The Labute approximate surface area is 191 Å². The molecule has 33 heavy (non-hydrogen) atoms. The van der Waals surface area contributed by atoms with E-state index in [2.05, 4.69) is 47.1 Å². The predicted octanol–water partition coefficient (Wildman–Crippen LogP) is 2.79. The average molecular weight is 441 g/mol. The van der Waals surface area contributed by atoms with E-state index in [0.717, 1.165) is 59.9 Å². The van der Waals surface area contributed by atoms with Gasteiger partial charge in [0.2, 0.25) is 5.95 Å². The minimum atomic E-state index is -0.268. The number of carbonyl (C=O) groups excluding carboxylic acids is 1. The summed E-state index contributed by atoms with van der Waals surface area (Å²) in [5.41, 5.74) is 3.10. The molecule has 4 aromatic rings. The van der Waals surface area contributed by atoms with Gasteiger partial charge < -0.3 is 9.80 Å². The van der Waals surface area contributed by atoms with Crippen LogP contribution in [0.4, 0.5) is 11.8 Å². The molecule has 9 heteroatoms. The molecule has 1 saturated heterocycles. The van der Waals surface area contributed by atoms with E-state index in [-0.39, 0.29) is 11.9 Å². The van der Waals surface area contributed by atoms with Crippen molar-refractivity contribution in [1.82, 2.24) is 29.8 Å². The fraction of sp³-hybridized carbons (Fsp3) is 0.250. The minimum absolute atomic E-state index is 0.253. The van der Waals surface area contributed by atoms with Crippen molar-refractivity contribution in [2.24, 2.45) is 0 Å². The van der Waals surface area contributed by atoms with Crippen LogP contribution in [-0.4, -0.2) is 69.0 Å². The molecule has 1 amide bonds. The van der Waals surface area contributed by atoms with Crippen LogP contribution in [-0.2, 0) is 0 Å². The van der Waals surface area contributed by atoms with Crippen molar-refractivity contribution < 1.29 is 4.79 Å². The number of benzene rings is 1. The zero-order valence-corrected chi connectivity index (χ0v) is 18.6. The van der Waals surface area contributed by atoms with Crippen LogP contribution in [0.15, 0.2) is 55.1 Å². The maximum absolute atomic E-state index is 12.9. The summed E-state index contributed by atoms with van der Waals surface area (Å²) in [6, 6.07) is 9.39. The highest BCUT2D eigenvalue weighted by Gasteiger charge is 2.17. The Morgan fingerprint density at radius 1 is 0.909 bits per heavy atom. The molecule has 0 unspecified atom stereocenters. The van der Waals surface area contributed by atoms with Gasteiger partial charge in [-0.2, -0.15) is 0 Å². The molecule has 0 aliphatic carbocycles. The average Bonchev–Trinajstić information content (AvgIpc) is 2.84. The number of fused-ring (bicyclic) bond motifs is 1. The van der Waals surface area contributed by atoms with Crippen LogP contribution in [0.3, 0.4) is 0 Å². The lowest BCUT2D eigenvalue weighted by molar-refractivity contribution is 0.102. The number of pyridine rings is 1. The topological polar surface area (TPSA) is 100 Å². The number of aromatic nitrogens is 5. The smallest absolute Gasteiger partial charge is 0.258 e. The third-order valence-electron chi connectivity index (χ3n) is 5.76. The lowest BCUT2D eigenvalue weighted by atomic mass is 10.1. The maximum atomic E-state index is 12.9. The largest absolute Gasteiger partial charge is 0.354 e. The van der Waals surface area contributed by atoms with Gasteiger partial charge in [0.25, 0.3) is 5.91 Å². The number of nitrogens with one attached hydrogen (secondary N) is 1. The van der Waals surface area contributed by atoms with Crippen molar-refractivity contribution in [2.45, 2.75) is 6.92 Å². The van der Waals surface area contributed by atoms with E-state index < -0.39 is 0 Å². The Hall–Kier alpha value is -3.98. The molecule has 0 radical (unpaired) electrons. The van der Waals surface area contributed by atoms with Crippen LogP contribution in [0.1, 0.15) is 16.2 Å². The van der Waals surface area contributed by atoms with Crippen molar-refractivity contribution >= 4 is 28.6 Å². The highest BCUT2D eigenvalue weighted by molar-refractivity contribution is 6.04. The number of hydrogen-bond acceptors (Lipinski definition) is 8. The number of aryl methyl sites for hydroxylation is 1. The SMILES string of the molecule is Cc1ncc(-c2ccc3cnc(NC(=O)c4ccnc(N5CCN(C)CC5)c4)nc3c2)cn1. The molecule has 0 bridgehead atoms. The summed E-state index contributed by atoms with van der Waals surface area (Å²) in [5, 5.41) is 3.69. The predicted molar refractivity (Wildman–Crippen MR) is 127 cm³/mol. The number of rotatable bonds is 4. The first-order chi connectivity index (χ1) is 16.0. The van der Waals surface area contributed by atoms with Crippen LogP contribution in [0.2, 0.25) is 0 Å². The molecule has 1 aliphatic heterocycles. The molecule has 1 aliphatic rings. The zero-order chi connectivity index (χ0) is 22.8. The van der Waals surface area contributed by atoms with Gasteiger partial charge >= 0.3 is 0 Å². The first-order valence-corrected chi connectivity index (χ1v) is 10.8. The molecular weight excluding hydrogens is 416 g/mol. The number of nitrogens with zero attached hydrogens (tertiary/aromatic N) is 7. The Bertz CT molecular complexity index is 1300. The molecule has 1 aromatic carbocycles. The molecule has 5 rings (SSSR count). The molecular formula is C24H24N8O. The number of piperazine rings is 1. The third-order valence-corrected chi connectivity index (χ3v) is 5.76. The van der Waals surface area contributed by atoms with E-state index >= 15 is 0 Å².